The molecule has 1 aliphatic rings. The lowest BCUT2D eigenvalue weighted by Gasteiger charge is -2.30. The lowest BCUT2D eigenvalue weighted by atomic mass is 9.97. The molecule has 1 saturated heterocycles. The number of rotatable bonds is 6. The zero-order valence-electron chi connectivity index (χ0n) is 17.7. The van der Waals surface area contributed by atoms with Crippen LogP contribution in [0.1, 0.15) is 24.1 Å². The van der Waals surface area contributed by atoms with Gasteiger partial charge in [-0.1, -0.05) is 41.9 Å². The van der Waals surface area contributed by atoms with E-state index in [9.17, 15) is 13.2 Å². The summed E-state index contributed by atoms with van der Waals surface area (Å²) in [6.45, 7) is 3.17. The molecule has 3 aromatic rings. The summed E-state index contributed by atoms with van der Waals surface area (Å²) >= 11 is 5.86. The number of aryl methyl sites for hydroxylation is 1. The molecule has 0 radical (unpaired) electrons. The standard InChI is InChI=1S/C23H25ClN4O3S/c1-17-15-22(26-28(17)16-18-5-3-2-4-6-18)25-23(29)19-11-13-27(14-12-19)32(30,31)21-9-7-20(24)8-10-21/h2-10,15,19H,11-14,16H2,1H3,(H,25,26,29). The lowest BCUT2D eigenvalue weighted by molar-refractivity contribution is -0.120. The molecule has 1 amide bonds. The van der Waals surface area contributed by atoms with E-state index in [0.29, 0.717) is 43.3 Å². The van der Waals surface area contributed by atoms with Crippen LogP contribution in [-0.2, 0) is 21.4 Å². The highest BCUT2D eigenvalue weighted by atomic mass is 35.5. The van der Waals surface area contributed by atoms with Crippen LogP contribution < -0.4 is 5.32 Å². The van der Waals surface area contributed by atoms with Crippen LogP contribution in [0.5, 0.6) is 0 Å². The lowest BCUT2D eigenvalue weighted by Crippen LogP contribution is -2.41. The summed E-state index contributed by atoms with van der Waals surface area (Å²) in [5, 5.41) is 7.89. The number of nitrogens with one attached hydrogen (secondary N) is 1. The molecule has 0 saturated carbocycles. The Morgan fingerprint density at radius 1 is 1.09 bits per heavy atom. The molecule has 1 fully saturated rings. The predicted molar refractivity (Wildman–Crippen MR) is 124 cm³/mol. The number of piperidine rings is 1. The normalized spacial score (nSPS) is 15.6. The van der Waals surface area contributed by atoms with Gasteiger partial charge in [0.25, 0.3) is 0 Å². The van der Waals surface area contributed by atoms with Gasteiger partial charge in [0.2, 0.25) is 15.9 Å². The minimum absolute atomic E-state index is 0.127. The SMILES string of the molecule is Cc1cc(NC(=O)C2CCN(S(=O)(=O)c3ccc(Cl)cc3)CC2)nn1Cc1ccccc1. The highest BCUT2D eigenvalue weighted by Crippen LogP contribution is 2.25. The number of carbonyl (C=O) groups excluding carboxylic acids is 1. The number of hydrogen-bond acceptors (Lipinski definition) is 4. The van der Waals surface area contributed by atoms with Gasteiger partial charge in [-0.25, -0.2) is 8.42 Å². The Labute approximate surface area is 193 Å². The quantitative estimate of drug-likeness (QED) is 0.589. The predicted octanol–water partition coefficient (Wildman–Crippen LogP) is 3.93. The second-order valence-corrected chi connectivity index (χ2v) is 10.3. The summed E-state index contributed by atoms with van der Waals surface area (Å²) in [5.41, 5.74) is 2.08. The van der Waals surface area contributed by atoms with E-state index in [2.05, 4.69) is 10.4 Å². The Bertz CT molecular complexity index is 1190. The average Bonchev–Trinajstić information content (AvgIpc) is 3.13. The van der Waals surface area contributed by atoms with Crippen molar-refractivity contribution in [3.8, 4) is 0 Å². The summed E-state index contributed by atoms with van der Waals surface area (Å²) in [6.07, 6.45) is 0.921. The van der Waals surface area contributed by atoms with Gasteiger partial charge in [0.15, 0.2) is 5.82 Å². The molecular weight excluding hydrogens is 448 g/mol. The van der Waals surface area contributed by atoms with Crippen molar-refractivity contribution in [2.75, 3.05) is 18.4 Å². The van der Waals surface area contributed by atoms with Gasteiger partial charge in [-0.15, -0.1) is 0 Å². The summed E-state index contributed by atoms with van der Waals surface area (Å²) in [5.74, 6) is 0.129. The van der Waals surface area contributed by atoms with E-state index >= 15 is 0 Å². The molecule has 7 nitrogen and oxygen atoms in total. The topological polar surface area (TPSA) is 84.3 Å². The summed E-state index contributed by atoms with van der Waals surface area (Å²) < 4.78 is 28.9. The molecule has 168 valence electrons. The smallest absolute Gasteiger partial charge is 0.243 e. The fourth-order valence-corrected chi connectivity index (χ4v) is 5.43. The first-order valence-electron chi connectivity index (χ1n) is 10.5. The molecule has 2 aromatic carbocycles. The molecule has 0 unspecified atom stereocenters. The van der Waals surface area contributed by atoms with Crippen molar-refractivity contribution in [3.63, 3.8) is 0 Å². The number of aromatic nitrogens is 2. The fourth-order valence-electron chi connectivity index (χ4n) is 3.83. The third-order valence-electron chi connectivity index (χ3n) is 5.68. The van der Waals surface area contributed by atoms with Crippen molar-refractivity contribution in [2.24, 2.45) is 5.92 Å². The molecule has 32 heavy (non-hydrogen) atoms. The van der Waals surface area contributed by atoms with E-state index < -0.39 is 10.0 Å². The van der Waals surface area contributed by atoms with Crippen molar-refractivity contribution in [1.82, 2.24) is 14.1 Å². The highest BCUT2D eigenvalue weighted by Gasteiger charge is 2.32. The van der Waals surface area contributed by atoms with Gasteiger partial charge in [0.1, 0.15) is 0 Å². The van der Waals surface area contributed by atoms with Gasteiger partial charge in [0, 0.05) is 35.8 Å². The zero-order valence-corrected chi connectivity index (χ0v) is 19.3. The second-order valence-electron chi connectivity index (χ2n) is 7.94. The summed E-state index contributed by atoms with van der Waals surface area (Å²) in [7, 11) is -3.59. The van der Waals surface area contributed by atoms with E-state index in [1.165, 1.54) is 16.4 Å². The minimum atomic E-state index is -3.59. The first-order valence-corrected chi connectivity index (χ1v) is 12.3. The Morgan fingerprint density at radius 2 is 1.75 bits per heavy atom. The van der Waals surface area contributed by atoms with Crippen molar-refractivity contribution in [2.45, 2.75) is 31.2 Å². The Kier molecular flexibility index (Phi) is 6.64. The van der Waals surface area contributed by atoms with E-state index in [1.54, 1.807) is 12.1 Å². The third-order valence-corrected chi connectivity index (χ3v) is 7.85. The highest BCUT2D eigenvalue weighted by molar-refractivity contribution is 7.89. The van der Waals surface area contributed by atoms with Crippen LogP contribution in [0.3, 0.4) is 0 Å². The number of benzene rings is 2. The van der Waals surface area contributed by atoms with Crippen molar-refractivity contribution < 1.29 is 13.2 Å². The largest absolute Gasteiger partial charge is 0.309 e. The van der Waals surface area contributed by atoms with Gasteiger partial charge < -0.3 is 5.32 Å². The Hall–Kier alpha value is -2.68. The van der Waals surface area contributed by atoms with Crippen molar-refractivity contribution in [1.29, 1.82) is 0 Å². The monoisotopic (exact) mass is 472 g/mol. The number of anilines is 1. The van der Waals surface area contributed by atoms with Crippen LogP contribution in [-0.4, -0.2) is 41.5 Å². The van der Waals surface area contributed by atoms with E-state index in [0.717, 1.165) is 11.3 Å². The summed E-state index contributed by atoms with van der Waals surface area (Å²) in [4.78, 5) is 13.0. The van der Waals surface area contributed by atoms with Gasteiger partial charge in [0.05, 0.1) is 11.4 Å². The second kappa shape index (κ2) is 9.44. The molecule has 0 aliphatic carbocycles. The number of hydrogen-bond donors (Lipinski definition) is 1. The third kappa shape index (κ3) is 5.03. The van der Waals surface area contributed by atoms with Gasteiger partial charge in [-0.2, -0.15) is 9.40 Å². The molecule has 9 heteroatoms. The molecule has 2 heterocycles. The number of halogens is 1. The Morgan fingerprint density at radius 3 is 2.41 bits per heavy atom. The van der Waals surface area contributed by atoms with Crippen molar-refractivity contribution >= 4 is 33.3 Å². The maximum Gasteiger partial charge on any atom is 0.243 e. The Balaban J connectivity index is 1.35. The molecular formula is C23H25ClN4O3S. The summed E-state index contributed by atoms with van der Waals surface area (Å²) in [6, 6.07) is 18.0. The zero-order chi connectivity index (χ0) is 22.7. The number of nitrogens with zero attached hydrogens (tertiary/aromatic N) is 3. The first kappa shape index (κ1) is 22.5. The van der Waals surface area contributed by atoms with Crippen LogP contribution in [0.4, 0.5) is 5.82 Å². The molecule has 0 spiro atoms. The molecule has 1 N–H and O–H groups in total. The van der Waals surface area contributed by atoms with Gasteiger partial charge in [-0.3, -0.25) is 9.48 Å². The van der Waals surface area contributed by atoms with Crippen LogP contribution >= 0.6 is 11.6 Å². The molecule has 1 aromatic heterocycles. The van der Waals surface area contributed by atoms with Gasteiger partial charge >= 0.3 is 0 Å². The molecule has 0 atom stereocenters. The van der Waals surface area contributed by atoms with E-state index in [4.69, 9.17) is 11.6 Å². The van der Waals surface area contributed by atoms with E-state index in [-0.39, 0.29) is 16.7 Å². The van der Waals surface area contributed by atoms with Crippen LogP contribution in [0, 0.1) is 12.8 Å². The average molecular weight is 473 g/mol. The number of carbonyl (C=O) groups is 1. The van der Waals surface area contributed by atoms with Crippen molar-refractivity contribution in [3.05, 3.63) is 76.9 Å². The molecule has 1 aliphatic heterocycles. The fraction of sp³-hybridized carbons (Fsp3) is 0.304. The van der Waals surface area contributed by atoms with E-state index in [1.807, 2.05) is 48.0 Å². The number of sulfonamides is 1. The van der Waals surface area contributed by atoms with Gasteiger partial charge in [-0.05, 0) is 49.6 Å². The minimum Gasteiger partial charge on any atom is -0.309 e. The molecule has 0 bridgehead atoms. The first-order chi connectivity index (χ1) is 15.3. The number of amides is 1. The van der Waals surface area contributed by atoms with Crippen LogP contribution in [0.15, 0.2) is 65.6 Å². The maximum absolute atomic E-state index is 12.8. The van der Waals surface area contributed by atoms with Crippen LogP contribution in [0.25, 0.3) is 0 Å². The maximum atomic E-state index is 12.8. The van der Waals surface area contributed by atoms with Crippen LogP contribution in [0.2, 0.25) is 5.02 Å². The molecule has 4 rings (SSSR count).